The van der Waals surface area contributed by atoms with Crippen molar-refractivity contribution in [3.8, 4) is 0 Å². The van der Waals surface area contributed by atoms with Gasteiger partial charge in [0, 0.05) is 30.9 Å². The Balaban J connectivity index is 1.39. The molecule has 1 aromatic carbocycles. The number of fused-ring (bicyclic) bond motifs is 1. The lowest BCUT2D eigenvalue weighted by Crippen LogP contribution is -2.49. The smallest absolute Gasteiger partial charge is 0.239 e. The fourth-order valence-corrected chi connectivity index (χ4v) is 4.60. The zero-order valence-electron chi connectivity index (χ0n) is 14.9. The molecule has 0 aliphatic carbocycles. The summed E-state index contributed by atoms with van der Waals surface area (Å²) in [5.74, 6) is -0.657. The normalized spacial score (nSPS) is 29.7. The van der Waals surface area contributed by atoms with Crippen LogP contribution in [0.1, 0.15) is 37.7 Å². The Bertz CT molecular complexity index is 657. The first kappa shape index (κ1) is 16.6. The summed E-state index contributed by atoms with van der Waals surface area (Å²) in [4.78, 5) is 29.7. The average molecular weight is 341 g/mol. The van der Waals surface area contributed by atoms with Crippen LogP contribution < -0.4 is 10.2 Å². The molecule has 0 bridgehead atoms. The Morgan fingerprint density at radius 1 is 1.04 bits per heavy atom. The largest absolute Gasteiger partial charge is 0.351 e. The van der Waals surface area contributed by atoms with Gasteiger partial charge in [-0.3, -0.25) is 14.5 Å². The van der Waals surface area contributed by atoms with Gasteiger partial charge in [0.2, 0.25) is 11.8 Å². The number of nitrogens with zero attached hydrogens (tertiary/aromatic N) is 2. The number of piperidine rings is 1. The number of hydrogen-bond donors (Lipinski definition) is 1. The van der Waals surface area contributed by atoms with Gasteiger partial charge in [-0.2, -0.15) is 0 Å². The molecule has 3 heterocycles. The van der Waals surface area contributed by atoms with Crippen molar-refractivity contribution in [2.24, 2.45) is 5.92 Å². The van der Waals surface area contributed by atoms with E-state index in [1.807, 2.05) is 31.2 Å². The van der Waals surface area contributed by atoms with Crippen molar-refractivity contribution >= 4 is 17.5 Å². The van der Waals surface area contributed by atoms with Gasteiger partial charge in [0.15, 0.2) is 0 Å². The minimum Gasteiger partial charge on any atom is -0.351 e. The van der Waals surface area contributed by atoms with Crippen LogP contribution in [-0.2, 0) is 9.59 Å². The summed E-state index contributed by atoms with van der Waals surface area (Å²) in [6.45, 7) is 4.88. The number of carbonyl (C=O) groups excluding carboxylic acids is 2. The van der Waals surface area contributed by atoms with Crippen LogP contribution in [0.4, 0.5) is 5.69 Å². The molecule has 0 spiro atoms. The van der Waals surface area contributed by atoms with Crippen molar-refractivity contribution in [3.05, 3.63) is 29.8 Å². The third-order valence-corrected chi connectivity index (χ3v) is 6.05. The summed E-state index contributed by atoms with van der Waals surface area (Å²) in [5, 5.41) is 3.20. The second kappa shape index (κ2) is 6.79. The third-order valence-electron chi connectivity index (χ3n) is 6.05. The van der Waals surface area contributed by atoms with Gasteiger partial charge in [-0.15, -0.1) is 0 Å². The van der Waals surface area contributed by atoms with Crippen molar-refractivity contribution in [1.82, 2.24) is 10.2 Å². The molecule has 0 saturated carbocycles. The van der Waals surface area contributed by atoms with Gasteiger partial charge in [0.05, 0.1) is 0 Å². The fourth-order valence-electron chi connectivity index (χ4n) is 4.60. The van der Waals surface area contributed by atoms with E-state index >= 15 is 0 Å². The zero-order valence-corrected chi connectivity index (χ0v) is 14.9. The molecule has 134 valence electrons. The monoisotopic (exact) mass is 341 g/mol. The molecular weight excluding hydrogens is 314 g/mol. The first-order valence-corrected chi connectivity index (χ1v) is 9.56. The van der Waals surface area contributed by atoms with Gasteiger partial charge in [-0.25, -0.2) is 0 Å². The molecule has 2 amide bonds. The van der Waals surface area contributed by atoms with Crippen molar-refractivity contribution in [3.63, 3.8) is 0 Å². The lowest BCUT2D eigenvalue weighted by Gasteiger charge is -2.32. The van der Waals surface area contributed by atoms with Crippen LogP contribution in [0.2, 0.25) is 0 Å². The maximum Gasteiger partial charge on any atom is 0.239 e. The van der Waals surface area contributed by atoms with E-state index in [2.05, 4.69) is 10.2 Å². The summed E-state index contributed by atoms with van der Waals surface area (Å²) in [7, 11) is 0. The number of hydrogen-bond acceptors (Lipinski definition) is 3. The summed E-state index contributed by atoms with van der Waals surface area (Å²) in [6, 6.07) is 8.63. The van der Waals surface area contributed by atoms with Crippen molar-refractivity contribution in [2.45, 2.75) is 51.1 Å². The molecule has 3 fully saturated rings. The molecule has 3 aliphatic heterocycles. The molecule has 3 saturated heterocycles. The van der Waals surface area contributed by atoms with E-state index in [4.69, 9.17) is 0 Å². The summed E-state index contributed by atoms with van der Waals surface area (Å²) >= 11 is 0. The molecule has 3 aliphatic rings. The highest BCUT2D eigenvalue weighted by atomic mass is 16.2. The molecule has 3 atom stereocenters. The molecular formula is C20H27N3O2. The highest BCUT2D eigenvalue weighted by Crippen LogP contribution is 2.29. The number of amides is 2. The summed E-state index contributed by atoms with van der Waals surface area (Å²) < 4.78 is 0. The van der Waals surface area contributed by atoms with E-state index in [1.54, 1.807) is 4.90 Å². The van der Waals surface area contributed by atoms with Crippen LogP contribution in [0.25, 0.3) is 0 Å². The molecule has 5 heteroatoms. The Labute approximate surface area is 149 Å². The second-order valence-electron chi connectivity index (χ2n) is 7.67. The minimum absolute atomic E-state index is 0.0557. The van der Waals surface area contributed by atoms with Crippen molar-refractivity contribution < 1.29 is 9.59 Å². The molecule has 4 rings (SSSR count). The van der Waals surface area contributed by atoms with Gasteiger partial charge < -0.3 is 10.2 Å². The van der Waals surface area contributed by atoms with Crippen LogP contribution in [0, 0.1) is 12.8 Å². The fraction of sp³-hybridized carbons (Fsp3) is 0.600. The Morgan fingerprint density at radius 2 is 1.84 bits per heavy atom. The quantitative estimate of drug-likeness (QED) is 0.857. The molecule has 0 aromatic heterocycles. The maximum absolute atomic E-state index is 12.7. The van der Waals surface area contributed by atoms with Gasteiger partial charge in [-0.05, 0) is 51.3 Å². The minimum atomic E-state index is -0.529. The number of nitrogens with one attached hydrogen (secondary N) is 1. The molecule has 0 radical (unpaired) electrons. The molecule has 1 aromatic rings. The van der Waals surface area contributed by atoms with Gasteiger partial charge >= 0.3 is 0 Å². The van der Waals surface area contributed by atoms with Gasteiger partial charge in [-0.1, -0.05) is 24.1 Å². The van der Waals surface area contributed by atoms with Gasteiger partial charge in [0.1, 0.15) is 5.92 Å². The van der Waals surface area contributed by atoms with E-state index < -0.39 is 5.92 Å². The zero-order chi connectivity index (χ0) is 17.4. The summed E-state index contributed by atoms with van der Waals surface area (Å²) in [5.41, 5.74) is 2.06. The lowest BCUT2D eigenvalue weighted by molar-refractivity contribution is -0.132. The SMILES string of the molecule is Cc1ccc(N2CC[C@H](C(=O)N[C@@H]3CCN4CCCC[C@H]34)C2=O)cc1. The van der Waals surface area contributed by atoms with E-state index in [9.17, 15) is 9.59 Å². The van der Waals surface area contributed by atoms with Crippen LogP contribution in [0.5, 0.6) is 0 Å². The molecule has 5 nitrogen and oxygen atoms in total. The van der Waals surface area contributed by atoms with Crippen molar-refractivity contribution in [2.75, 3.05) is 24.5 Å². The second-order valence-corrected chi connectivity index (χ2v) is 7.67. The van der Waals surface area contributed by atoms with E-state index in [0.717, 1.165) is 25.2 Å². The van der Waals surface area contributed by atoms with Crippen molar-refractivity contribution in [1.29, 1.82) is 0 Å². The molecule has 1 N–H and O–H groups in total. The molecule has 0 unspecified atom stereocenters. The first-order chi connectivity index (χ1) is 12.1. The van der Waals surface area contributed by atoms with Crippen LogP contribution in [0.15, 0.2) is 24.3 Å². The Kier molecular flexibility index (Phi) is 4.50. The number of rotatable bonds is 3. The van der Waals surface area contributed by atoms with E-state index in [-0.39, 0.29) is 17.9 Å². The van der Waals surface area contributed by atoms with Crippen LogP contribution in [0.3, 0.4) is 0 Å². The number of anilines is 1. The average Bonchev–Trinajstić information content (AvgIpc) is 3.20. The summed E-state index contributed by atoms with van der Waals surface area (Å²) in [6.07, 6.45) is 5.30. The van der Waals surface area contributed by atoms with E-state index in [1.165, 1.54) is 24.8 Å². The number of benzene rings is 1. The molecule has 25 heavy (non-hydrogen) atoms. The number of carbonyl (C=O) groups is 2. The van der Waals surface area contributed by atoms with Crippen LogP contribution in [-0.4, -0.2) is 48.4 Å². The Morgan fingerprint density at radius 3 is 2.64 bits per heavy atom. The predicted molar refractivity (Wildman–Crippen MR) is 97.4 cm³/mol. The van der Waals surface area contributed by atoms with Gasteiger partial charge in [0.25, 0.3) is 0 Å². The highest BCUT2D eigenvalue weighted by Gasteiger charge is 2.41. The first-order valence-electron chi connectivity index (χ1n) is 9.56. The number of aryl methyl sites for hydroxylation is 1. The standard InChI is InChI=1S/C20H27N3O2/c1-14-5-7-15(8-6-14)23-13-9-16(20(23)25)19(24)21-17-10-12-22-11-3-2-4-18(17)22/h5-8,16-18H,2-4,9-13H2,1H3,(H,21,24)/t16-,17-,18-/m1/s1. The Hall–Kier alpha value is -1.88. The maximum atomic E-state index is 12.7. The van der Waals surface area contributed by atoms with Crippen LogP contribution >= 0.6 is 0 Å². The van der Waals surface area contributed by atoms with E-state index in [0.29, 0.717) is 19.0 Å². The predicted octanol–water partition coefficient (Wildman–Crippen LogP) is 2.09. The lowest BCUT2D eigenvalue weighted by atomic mass is 9.98. The topological polar surface area (TPSA) is 52.7 Å². The highest BCUT2D eigenvalue weighted by molar-refractivity contribution is 6.09. The third kappa shape index (κ3) is 3.17.